The van der Waals surface area contributed by atoms with E-state index in [2.05, 4.69) is 13.8 Å². The molecule has 0 aliphatic carbocycles. The van der Waals surface area contributed by atoms with Crippen molar-refractivity contribution in [3.8, 4) is 0 Å². The maximum Gasteiger partial charge on any atom is 2.00 e. The molecule has 164 valence electrons. The number of carboxylic acid groups (broad SMARTS) is 2. The van der Waals surface area contributed by atoms with Gasteiger partial charge in [-0.3, -0.25) is 0 Å². The average molecular weight is 476 g/mol. The van der Waals surface area contributed by atoms with Gasteiger partial charge in [-0.25, -0.2) is 0 Å². The van der Waals surface area contributed by atoms with Crippen molar-refractivity contribution in [2.24, 2.45) is 0 Å². The van der Waals surface area contributed by atoms with E-state index in [1.54, 1.807) is 24.3 Å². The van der Waals surface area contributed by atoms with E-state index >= 15 is 0 Å². The molecule has 4 nitrogen and oxygen atoms in total. The molecule has 0 bridgehead atoms. The number of benzene rings is 2. The first kappa shape index (κ1) is 29.0. The van der Waals surface area contributed by atoms with Crippen molar-refractivity contribution in [1.29, 1.82) is 0 Å². The molecule has 0 saturated carbocycles. The Morgan fingerprint density at radius 2 is 0.903 bits per heavy atom. The van der Waals surface area contributed by atoms with Gasteiger partial charge in [0.1, 0.15) is 0 Å². The van der Waals surface area contributed by atoms with Crippen LogP contribution in [0.3, 0.4) is 0 Å². The molecule has 0 spiro atoms. The van der Waals surface area contributed by atoms with Gasteiger partial charge in [0.25, 0.3) is 0 Å². The SMILES string of the molecule is CCCCCCc1ccc(C(=O)[O-])cc1.CCCCCCc1ccc(C(=O)[O-])cc1.[Zn+2]. The number of hydrogen-bond acceptors (Lipinski definition) is 4. The van der Waals surface area contributed by atoms with E-state index in [0.29, 0.717) is 0 Å². The largest absolute Gasteiger partial charge is 2.00 e. The Morgan fingerprint density at radius 1 is 0.581 bits per heavy atom. The van der Waals surface area contributed by atoms with Gasteiger partial charge in [0.2, 0.25) is 0 Å². The summed E-state index contributed by atoms with van der Waals surface area (Å²) in [5.74, 6) is -2.21. The molecule has 5 heteroatoms. The summed E-state index contributed by atoms with van der Waals surface area (Å²) in [6, 6.07) is 14.0. The molecule has 2 rings (SSSR count). The van der Waals surface area contributed by atoms with Gasteiger partial charge in [-0.1, -0.05) is 101 Å². The second-order valence-corrected chi connectivity index (χ2v) is 7.59. The molecule has 0 amide bonds. The summed E-state index contributed by atoms with van der Waals surface area (Å²) >= 11 is 0. The molecule has 31 heavy (non-hydrogen) atoms. The Kier molecular flexibility index (Phi) is 16.5. The minimum atomic E-state index is -1.10. The van der Waals surface area contributed by atoms with Gasteiger partial charge in [-0.15, -0.1) is 0 Å². The van der Waals surface area contributed by atoms with Crippen molar-refractivity contribution in [2.75, 3.05) is 0 Å². The fourth-order valence-electron chi connectivity index (χ4n) is 3.13. The summed E-state index contributed by atoms with van der Waals surface area (Å²) in [4.78, 5) is 21.0. The summed E-state index contributed by atoms with van der Waals surface area (Å²) in [6.45, 7) is 4.38. The third kappa shape index (κ3) is 13.1. The molecule has 2 aromatic carbocycles. The molecule has 0 heterocycles. The molecule has 0 saturated heterocycles. The normalized spacial score (nSPS) is 9.87. The second kappa shape index (κ2) is 17.7. The van der Waals surface area contributed by atoms with Crippen LogP contribution in [0.5, 0.6) is 0 Å². The number of rotatable bonds is 12. The van der Waals surface area contributed by atoms with Crippen LogP contribution in [0.1, 0.15) is 97.1 Å². The summed E-state index contributed by atoms with van der Waals surface area (Å²) in [5, 5.41) is 21.0. The number of carbonyl (C=O) groups excluding carboxylic acids is 2. The van der Waals surface area contributed by atoms with Crippen molar-refractivity contribution in [3.63, 3.8) is 0 Å². The van der Waals surface area contributed by atoms with Crippen LogP contribution in [-0.4, -0.2) is 11.9 Å². The monoisotopic (exact) mass is 474 g/mol. The number of hydrogen-bond donors (Lipinski definition) is 0. The standard InChI is InChI=1S/2C13H18O2.Zn/c2*1-2-3-4-5-6-11-7-9-12(10-8-11)13(14)15;/h2*7-10H,2-6H2,1H3,(H,14,15);/q;;+2/p-2. The number of carbonyl (C=O) groups is 2. The van der Waals surface area contributed by atoms with Gasteiger partial charge in [-0.2, -0.15) is 0 Å². The molecular formula is C26H34O4Zn. The van der Waals surface area contributed by atoms with Crippen LogP contribution in [0.4, 0.5) is 0 Å². The first-order chi connectivity index (χ1) is 14.5. The average Bonchev–Trinajstić information content (AvgIpc) is 2.75. The molecular weight excluding hydrogens is 442 g/mol. The number of aromatic carboxylic acids is 2. The zero-order chi connectivity index (χ0) is 22.2. The van der Waals surface area contributed by atoms with Crippen LogP contribution >= 0.6 is 0 Å². The fourth-order valence-corrected chi connectivity index (χ4v) is 3.13. The molecule has 0 aliphatic rings. The Balaban J connectivity index is 0.000000562. The fraction of sp³-hybridized carbons (Fsp3) is 0.462. The third-order valence-electron chi connectivity index (χ3n) is 5.02. The Morgan fingerprint density at radius 3 is 1.16 bits per heavy atom. The number of aryl methyl sites for hydroxylation is 2. The minimum absolute atomic E-state index is 0. The maximum atomic E-state index is 10.5. The van der Waals surface area contributed by atoms with Crippen molar-refractivity contribution in [3.05, 3.63) is 70.8 Å². The minimum Gasteiger partial charge on any atom is -0.545 e. The predicted octanol–water partition coefficient (Wildman–Crippen LogP) is 4.34. The van der Waals surface area contributed by atoms with E-state index < -0.39 is 11.9 Å². The van der Waals surface area contributed by atoms with Crippen molar-refractivity contribution < 1.29 is 39.3 Å². The number of carboxylic acids is 2. The molecule has 0 unspecified atom stereocenters. The molecule has 0 atom stereocenters. The summed E-state index contributed by atoms with van der Waals surface area (Å²) < 4.78 is 0. The van der Waals surface area contributed by atoms with Gasteiger partial charge < -0.3 is 19.8 Å². The molecule has 0 fully saturated rings. The van der Waals surface area contributed by atoms with Crippen LogP contribution in [0, 0.1) is 0 Å². The van der Waals surface area contributed by atoms with Crippen LogP contribution in [0.2, 0.25) is 0 Å². The van der Waals surface area contributed by atoms with Crippen LogP contribution in [0.25, 0.3) is 0 Å². The predicted molar refractivity (Wildman–Crippen MR) is 117 cm³/mol. The quantitative estimate of drug-likeness (QED) is 0.338. The molecule has 2 aromatic rings. The van der Waals surface area contributed by atoms with Crippen molar-refractivity contribution in [1.82, 2.24) is 0 Å². The molecule has 0 N–H and O–H groups in total. The Hall–Kier alpha value is -2.00. The first-order valence-corrected chi connectivity index (χ1v) is 11.1. The van der Waals surface area contributed by atoms with E-state index in [4.69, 9.17) is 0 Å². The van der Waals surface area contributed by atoms with Gasteiger partial charge >= 0.3 is 19.5 Å². The summed E-state index contributed by atoms with van der Waals surface area (Å²) in [7, 11) is 0. The zero-order valence-electron chi connectivity index (χ0n) is 19.0. The van der Waals surface area contributed by atoms with Crippen molar-refractivity contribution >= 4 is 11.9 Å². The van der Waals surface area contributed by atoms with Gasteiger partial charge in [0.15, 0.2) is 0 Å². The van der Waals surface area contributed by atoms with E-state index in [1.807, 2.05) is 24.3 Å². The van der Waals surface area contributed by atoms with E-state index in [-0.39, 0.29) is 30.6 Å². The summed E-state index contributed by atoms with van der Waals surface area (Å²) in [5.41, 5.74) is 2.92. The van der Waals surface area contributed by atoms with Crippen molar-refractivity contribution in [2.45, 2.75) is 78.1 Å². The Bertz CT molecular complexity index is 674. The van der Waals surface area contributed by atoms with Gasteiger partial charge in [0.05, 0.1) is 11.9 Å². The third-order valence-corrected chi connectivity index (χ3v) is 5.02. The van der Waals surface area contributed by atoms with E-state index in [0.717, 1.165) is 12.8 Å². The number of unbranched alkanes of at least 4 members (excludes halogenated alkanes) is 6. The van der Waals surface area contributed by atoms with E-state index in [1.165, 1.54) is 62.5 Å². The molecule has 0 aromatic heterocycles. The summed E-state index contributed by atoms with van der Waals surface area (Å²) in [6.07, 6.45) is 12.0. The first-order valence-electron chi connectivity index (χ1n) is 11.1. The topological polar surface area (TPSA) is 80.3 Å². The smallest absolute Gasteiger partial charge is 0.545 e. The van der Waals surface area contributed by atoms with E-state index in [9.17, 15) is 19.8 Å². The maximum absolute atomic E-state index is 10.5. The molecule has 0 aliphatic heterocycles. The van der Waals surface area contributed by atoms with Gasteiger partial charge in [-0.05, 0) is 47.9 Å². The Labute approximate surface area is 199 Å². The second-order valence-electron chi connectivity index (χ2n) is 7.59. The van der Waals surface area contributed by atoms with Crippen LogP contribution in [-0.2, 0) is 32.3 Å². The van der Waals surface area contributed by atoms with Crippen LogP contribution < -0.4 is 10.2 Å². The van der Waals surface area contributed by atoms with Crippen LogP contribution in [0.15, 0.2) is 48.5 Å². The zero-order valence-corrected chi connectivity index (χ0v) is 22.0. The molecule has 0 radical (unpaired) electrons. The van der Waals surface area contributed by atoms with Gasteiger partial charge in [0, 0.05) is 0 Å².